The topological polar surface area (TPSA) is 64.4 Å². The molecule has 0 unspecified atom stereocenters. The van der Waals surface area contributed by atoms with E-state index in [0.29, 0.717) is 22.1 Å². The van der Waals surface area contributed by atoms with Crippen LogP contribution in [0.4, 0.5) is 5.69 Å². The van der Waals surface area contributed by atoms with Gasteiger partial charge in [0.05, 0.1) is 17.0 Å². The highest BCUT2D eigenvalue weighted by atomic mass is 35.5. The molecular weight excluding hydrogens is 362 g/mol. The minimum atomic E-state index is -0.973. The molecule has 0 amide bonds. The summed E-state index contributed by atoms with van der Waals surface area (Å²) < 4.78 is 6.05. The summed E-state index contributed by atoms with van der Waals surface area (Å²) in [6, 6.07) is 23.7. The maximum Gasteiger partial charge on any atom is 0.335 e. The Bertz CT molecular complexity index is 1210. The number of carboxylic acids is 1. The number of carbonyl (C=O) groups is 1. The van der Waals surface area contributed by atoms with Crippen molar-refractivity contribution in [2.45, 2.75) is 0 Å². The first-order chi connectivity index (χ1) is 13.1. The summed E-state index contributed by atoms with van der Waals surface area (Å²) in [6.07, 6.45) is 0. The van der Waals surface area contributed by atoms with Gasteiger partial charge in [-0.1, -0.05) is 48.0 Å². The number of hydrogen-bond acceptors (Lipinski definition) is 2. The summed E-state index contributed by atoms with van der Waals surface area (Å²) in [5.74, 6) is -0.276. The Kier molecular flexibility index (Phi) is 4.48. The van der Waals surface area contributed by atoms with E-state index in [1.54, 1.807) is 24.3 Å². The monoisotopic (exact) mass is 376 g/mol. The predicted octanol–water partition coefficient (Wildman–Crippen LogP) is 3.76. The molecule has 1 heterocycles. The largest absolute Gasteiger partial charge is 0.478 e. The predicted molar refractivity (Wildman–Crippen MR) is 104 cm³/mol. The summed E-state index contributed by atoms with van der Waals surface area (Å²) >= 11 is 6.17. The minimum Gasteiger partial charge on any atom is -0.478 e. The van der Waals surface area contributed by atoms with Gasteiger partial charge in [-0.05, 0) is 24.3 Å². The van der Waals surface area contributed by atoms with Gasteiger partial charge >= 0.3 is 5.97 Å². The molecule has 4 nitrogen and oxygen atoms in total. The molecule has 0 aliphatic rings. The minimum absolute atomic E-state index is 0.214. The van der Waals surface area contributed by atoms with Crippen LogP contribution >= 0.6 is 11.6 Å². The Hall–Kier alpha value is -3.37. The van der Waals surface area contributed by atoms with E-state index in [-0.39, 0.29) is 5.56 Å². The van der Waals surface area contributed by atoms with Crippen LogP contribution < -0.4 is 10.3 Å². The molecule has 0 fully saturated rings. The first kappa shape index (κ1) is 17.1. The highest BCUT2D eigenvalue weighted by Gasteiger charge is 2.11. The van der Waals surface area contributed by atoms with Gasteiger partial charge in [0.25, 0.3) is 0 Å². The van der Waals surface area contributed by atoms with Gasteiger partial charge in [-0.15, -0.1) is 0 Å². The van der Waals surface area contributed by atoms with Crippen molar-refractivity contribution in [2.24, 2.45) is 0 Å². The summed E-state index contributed by atoms with van der Waals surface area (Å²) in [7, 11) is 0. The van der Waals surface area contributed by atoms with Crippen LogP contribution in [0.2, 0.25) is 5.02 Å². The quantitative estimate of drug-likeness (QED) is 0.572. The SMILES string of the molecule is O=C(O)c1cccc([NH+]=c2cc(-c3ccccc3)oc3ccc(Cl)cc23)c1. The summed E-state index contributed by atoms with van der Waals surface area (Å²) in [6.45, 7) is 0. The lowest BCUT2D eigenvalue weighted by Crippen LogP contribution is -2.70. The molecule has 4 aromatic rings. The number of halogens is 1. The molecule has 0 saturated heterocycles. The van der Waals surface area contributed by atoms with Crippen LogP contribution in [0.15, 0.2) is 83.3 Å². The number of hydrogen-bond donors (Lipinski definition) is 2. The van der Waals surface area contributed by atoms with Gasteiger partial charge in [0, 0.05) is 22.7 Å². The van der Waals surface area contributed by atoms with Crippen LogP contribution in [0, 0.1) is 0 Å². The molecule has 0 spiro atoms. The highest BCUT2D eigenvalue weighted by molar-refractivity contribution is 6.31. The zero-order valence-corrected chi connectivity index (χ0v) is 14.9. The number of fused-ring (bicyclic) bond motifs is 1. The summed E-state index contributed by atoms with van der Waals surface area (Å²) in [5.41, 5.74) is 2.50. The Morgan fingerprint density at radius 3 is 2.52 bits per heavy atom. The van der Waals surface area contributed by atoms with Crippen molar-refractivity contribution in [1.82, 2.24) is 0 Å². The molecule has 5 heteroatoms. The fourth-order valence-corrected chi connectivity index (χ4v) is 3.06. The van der Waals surface area contributed by atoms with Gasteiger partial charge in [-0.3, -0.25) is 0 Å². The number of nitrogens with one attached hydrogen (secondary N) is 1. The van der Waals surface area contributed by atoms with Crippen molar-refractivity contribution in [1.29, 1.82) is 0 Å². The average Bonchev–Trinajstić information content (AvgIpc) is 2.69. The molecule has 4 rings (SSSR count). The highest BCUT2D eigenvalue weighted by Crippen LogP contribution is 2.23. The molecule has 0 bridgehead atoms. The van der Waals surface area contributed by atoms with Crippen molar-refractivity contribution in [3.05, 3.63) is 94.8 Å². The molecule has 0 saturated carbocycles. The Labute approximate surface area is 160 Å². The molecule has 0 aliphatic heterocycles. The van der Waals surface area contributed by atoms with E-state index in [1.807, 2.05) is 54.6 Å². The molecule has 27 heavy (non-hydrogen) atoms. The lowest BCUT2D eigenvalue weighted by molar-refractivity contribution is -0.400. The van der Waals surface area contributed by atoms with E-state index in [4.69, 9.17) is 16.0 Å². The Morgan fingerprint density at radius 1 is 0.926 bits per heavy atom. The molecule has 1 aromatic heterocycles. The number of carboxylic acid groups (broad SMARTS) is 1. The third-order valence-corrected chi connectivity index (χ3v) is 4.41. The van der Waals surface area contributed by atoms with Crippen molar-refractivity contribution in [3.63, 3.8) is 0 Å². The number of benzene rings is 3. The fraction of sp³-hybridized carbons (Fsp3) is 0. The molecular formula is C22H15ClNO3+. The van der Waals surface area contributed by atoms with Crippen LogP contribution in [-0.2, 0) is 0 Å². The Morgan fingerprint density at radius 2 is 1.74 bits per heavy atom. The smallest absolute Gasteiger partial charge is 0.335 e. The van der Waals surface area contributed by atoms with Crippen LogP contribution in [0.5, 0.6) is 0 Å². The van der Waals surface area contributed by atoms with Crippen molar-refractivity contribution in [2.75, 3.05) is 0 Å². The van der Waals surface area contributed by atoms with E-state index in [9.17, 15) is 9.90 Å². The van der Waals surface area contributed by atoms with Crippen LogP contribution in [0.3, 0.4) is 0 Å². The zero-order valence-electron chi connectivity index (χ0n) is 14.1. The van der Waals surface area contributed by atoms with Gasteiger partial charge in [-0.2, -0.15) is 0 Å². The second-order valence-electron chi connectivity index (χ2n) is 6.04. The van der Waals surface area contributed by atoms with Crippen LogP contribution in [0.25, 0.3) is 22.3 Å². The lowest BCUT2D eigenvalue weighted by atomic mass is 10.1. The third-order valence-electron chi connectivity index (χ3n) is 4.17. The van der Waals surface area contributed by atoms with E-state index in [1.165, 1.54) is 0 Å². The van der Waals surface area contributed by atoms with Gasteiger partial charge in [0.1, 0.15) is 11.3 Å². The summed E-state index contributed by atoms with van der Waals surface area (Å²) in [4.78, 5) is 14.5. The normalized spacial score (nSPS) is 11.7. The molecule has 0 aliphatic carbocycles. The van der Waals surface area contributed by atoms with E-state index < -0.39 is 5.97 Å². The maximum absolute atomic E-state index is 11.2. The number of rotatable bonds is 3. The van der Waals surface area contributed by atoms with Crippen molar-refractivity contribution < 1.29 is 19.3 Å². The first-order valence-corrected chi connectivity index (χ1v) is 8.70. The fourth-order valence-electron chi connectivity index (χ4n) is 2.89. The van der Waals surface area contributed by atoms with Gasteiger partial charge in [0.2, 0.25) is 11.0 Å². The van der Waals surface area contributed by atoms with Gasteiger partial charge in [-0.25, -0.2) is 9.79 Å². The van der Waals surface area contributed by atoms with E-state index in [0.717, 1.165) is 16.3 Å². The lowest BCUT2D eigenvalue weighted by Gasteiger charge is -2.03. The van der Waals surface area contributed by atoms with Crippen LogP contribution in [0.1, 0.15) is 10.4 Å². The molecule has 3 aromatic carbocycles. The van der Waals surface area contributed by atoms with Gasteiger partial charge in [0.15, 0.2) is 0 Å². The van der Waals surface area contributed by atoms with E-state index >= 15 is 0 Å². The number of aromatic carboxylic acids is 1. The second kappa shape index (κ2) is 7.09. The zero-order chi connectivity index (χ0) is 18.8. The van der Waals surface area contributed by atoms with E-state index in [2.05, 4.69) is 4.99 Å². The molecule has 132 valence electrons. The second-order valence-corrected chi connectivity index (χ2v) is 6.48. The first-order valence-electron chi connectivity index (χ1n) is 8.32. The van der Waals surface area contributed by atoms with Crippen LogP contribution in [-0.4, -0.2) is 11.1 Å². The maximum atomic E-state index is 11.2. The summed E-state index contributed by atoms with van der Waals surface area (Å²) in [5, 5.41) is 11.4. The van der Waals surface area contributed by atoms with Crippen molar-refractivity contribution >= 4 is 34.2 Å². The standard InChI is InChI=1S/C22H14ClNO3/c23-16-9-10-20-18(12-16)19(13-21(27-20)14-5-2-1-3-6-14)24-17-8-4-7-15(11-17)22(25)26/h1-13H,(H,25,26)/p+1. The molecule has 0 atom stereocenters. The van der Waals surface area contributed by atoms with Crippen molar-refractivity contribution in [3.8, 4) is 11.3 Å². The Balaban J connectivity index is 1.99. The molecule has 0 radical (unpaired) electrons. The molecule has 2 N–H and O–H groups in total. The van der Waals surface area contributed by atoms with Gasteiger partial charge < -0.3 is 9.52 Å². The average molecular weight is 377 g/mol. The third kappa shape index (κ3) is 3.61.